The van der Waals surface area contributed by atoms with Gasteiger partial charge in [-0.2, -0.15) is 0 Å². The lowest BCUT2D eigenvalue weighted by molar-refractivity contribution is -0.123. The number of ether oxygens (including phenoxy) is 2. The Labute approximate surface area is 170 Å². The van der Waals surface area contributed by atoms with E-state index in [4.69, 9.17) is 32.7 Å². The van der Waals surface area contributed by atoms with Crippen LogP contribution in [0.25, 0.3) is 6.08 Å². The van der Waals surface area contributed by atoms with Gasteiger partial charge in [-0.3, -0.25) is 14.5 Å². The van der Waals surface area contributed by atoms with Crippen molar-refractivity contribution in [3.63, 3.8) is 0 Å². The Morgan fingerprint density at radius 1 is 1.04 bits per heavy atom. The molecule has 3 rings (SSSR count). The van der Waals surface area contributed by atoms with Crippen LogP contribution in [0.3, 0.4) is 0 Å². The number of hydrogen-bond acceptors (Lipinski definition) is 5. The summed E-state index contributed by atoms with van der Waals surface area (Å²) in [7, 11) is 3.07. The smallest absolute Gasteiger partial charge is 0.293 e. The molecule has 0 aliphatic carbocycles. The molecular formula is C19H15Cl2NO4S. The van der Waals surface area contributed by atoms with E-state index in [-0.39, 0.29) is 11.8 Å². The average molecular weight is 424 g/mol. The zero-order valence-electron chi connectivity index (χ0n) is 14.5. The zero-order valence-corrected chi connectivity index (χ0v) is 16.8. The quantitative estimate of drug-likeness (QED) is 0.614. The van der Waals surface area contributed by atoms with Crippen molar-refractivity contribution in [1.82, 2.24) is 4.90 Å². The standard InChI is InChI=1S/C19H15Cl2NO4S/c1-25-15-7-6-11(8-16(15)26-2)9-17-18(23)22(19(24)27-17)10-12-13(20)4-3-5-14(12)21/h3-9H,10H2,1-2H3/b17-9+. The highest BCUT2D eigenvalue weighted by Crippen LogP contribution is 2.36. The topological polar surface area (TPSA) is 55.8 Å². The number of methoxy groups -OCH3 is 2. The molecule has 0 atom stereocenters. The molecule has 0 saturated carbocycles. The number of halogens is 2. The number of carbonyl (C=O) groups excluding carboxylic acids is 2. The molecule has 1 aliphatic rings. The number of amides is 2. The van der Waals surface area contributed by atoms with Crippen LogP contribution in [0.15, 0.2) is 41.3 Å². The molecule has 2 aromatic carbocycles. The Bertz CT molecular complexity index is 925. The Morgan fingerprint density at radius 3 is 2.33 bits per heavy atom. The molecule has 1 heterocycles. The number of nitrogens with zero attached hydrogens (tertiary/aromatic N) is 1. The maximum absolute atomic E-state index is 12.7. The Kier molecular flexibility index (Phi) is 5.99. The predicted octanol–water partition coefficient (Wildman–Crippen LogP) is 5.25. The van der Waals surface area contributed by atoms with Crippen LogP contribution in [-0.4, -0.2) is 30.3 Å². The molecule has 0 aromatic heterocycles. The third kappa shape index (κ3) is 4.08. The van der Waals surface area contributed by atoms with Crippen LogP contribution in [0, 0.1) is 0 Å². The summed E-state index contributed by atoms with van der Waals surface area (Å²) in [5, 5.41) is 0.443. The van der Waals surface area contributed by atoms with Crippen LogP contribution < -0.4 is 9.47 Å². The van der Waals surface area contributed by atoms with E-state index in [1.165, 1.54) is 7.11 Å². The summed E-state index contributed by atoms with van der Waals surface area (Å²) in [6.07, 6.45) is 1.64. The SMILES string of the molecule is COc1ccc(/C=C2/SC(=O)N(Cc3c(Cl)cccc3Cl)C2=O)cc1OC. The number of benzene rings is 2. The Morgan fingerprint density at radius 2 is 1.70 bits per heavy atom. The van der Waals surface area contributed by atoms with Gasteiger partial charge >= 0.3 is 0 Å². The van der Waals surface area contributed by atoms with Crippen LogP contribution in [0.2, 0.25) is 10.0 Å². The molecule has 0 radical (unpaired) electrons. The maximum Gasteiger partial charge on any atom is 0.293 e. The molecule has 0 unspecified atom stereocenters. The third-order valence-corrected chi connectivity index (χ3v) is 5.57. The van der Waals surface area contributed by atoms with Gasteiger partial charge in [0.2, 0.25) is 0 Å². The molecule has 2 aromatic rings. The molecule has 140 valence electrons. The van der Waals surface area contributed by atoms with Gasteiger partial charge < -0.3 is 9.47 Å². The number of hydrogen-bond donors (Lipinski definition) is 0. The molecule has 0 bridgehead atoms. The van der Waals surface area contributed by atoms with Gasteiger partial charge in [-0.25, -0.2) is 0 Å². The van der Waals surface area contributed by atoms with E-state index in [0.29, 0.717) is 37.6 Å². The highest BCUT2D eigenvalue weighted by atomic mass is 35.5. The fraction of sp³-hybridized carbons (Fsp3) is 0.158. The minimum atomic E-state index is -0.393. The molecular weight excluding hydrogens is 409 g/mol. The van der Waals surface area contributed by atoms with Crippen LogP contribution in [0.4, 0.5) is 4.79 Å². The second-order valence-corrected chi connectivity index (χ2v) is 7.39. The average Bonchev–Trinajstić information content (AvgIpc) is 2.91. The summed E-state index contributed by atoms with van der Waals surface area (Å²) >= 11 is 13.2. The third-order valence-electron chi connectivity index (χ3n) is 3.96. The van der Waals surface area contributed by atoms with Gasteiger partial charge in [0.15, 0.2) is 11.5 Å². The van der Waals surface area contributed by atoms with Crippen LogP contribution in [0.5, 0.6) is 11.5 Å². The van der Waals surface area contributed by atoms with Crippen LogP contribution in [0.1, 0.15) is 11.1 Å². The van der Waals surface area contributed by atoms with E-state index in [0.717, 1.165) is 16.7 Å². The first-order valence-corrected chi connectivity index (χ1v) is 9.42. The first-order valence-electron chi connectivity index (χ1n) is 7.85. The maximum atomic E-state index is 12.7. The van der Waals surface area contributed by atoms with E-state index in [9.17, 15) is 9.59 Å². The van der Waals surface area contributed by atoms with Gasteiger partial charge in [0, 0.05) is 15.6 Å². The molecule has 27 heavy (non-hydrogen) atoms. The summed E-state index contributed by atoms with van der Waals surface area (Å²) in [5.41, 5.74) is 1.25. The van der Waals surface area contributed by atoms with E-state index in [2.05, 4.69) is 0 Å². The minimum absolute atomic E-state index is 0.0203. The van der Waals surface area contributed by atoms with E-state index < -0.39 is 5.91 Å². The van der Waals surface area contributed by atoms with Gasteiger partial charge in [0.25, 0.3) is 11.1 Å². The normalized spacial score (nSPS) is 15.6. The second kappa shape index (κ2) is 8.25. The predicted molar refractivity (Wildman–Crippen MR) is 108 cm³/mol. The van der Waals surface area contributed by atoms with Crippen LogP contribution >= 0.6 is 35.0 Å². The minimum Gasteiger partial charge on any atom is -0.493 e. The summed E-state index contributed by atoms with van der Waals surface area (Å²) in [6, 6.07) is 10.3. The van der Waals surface area contributed by atoms with E-state index in [1.807, 2.05) is 0 Å². The molecule has 1 fully saturated rings. The zero-order chi connectivity index (χ0) is 19.6. The monoisotopic (exact) mass is 423 g/mol. The van der Waals surface area contributed by atoms with Crippen molar-refractivity contribution in [3.8, 4) is 11.5 Å². The van der Waals surface area contributed by atoms with Crippen molar-refractivity contribution in [2.75, 3.05) is 14.2 Å². The van der Waals surface area contributed by atoms with Crippen LogP contribution in [-0.2, 0) is 11.3 Å². The number of imide groups is 1. The number of carbonyl (C=O) groups is 2. The van der Waals surface area contributed by atoms with Gasteiger partial charge in [-0.15, -0.1) is 0 Å². The van der Waals surface area contributed by atoms with Gasteiger partial charge in [-0.1, -0.05) is 35.3 Å². The molecule has 1 aliphatic heterocycles. The molecule has 8 heteroatoms. The fourth-order valence-corrected chi connectivity index (χ4v) is 3.93. The van der Waals surface area contributed by atoms with Gasteiger partial charge in [0.1, 0.15) is 0 Å². The summed E-state index contributed by atoms with van der Waals surface area (Å²) < 4.78 is 10.5. The highest BCUT2D eigenvalue weighted by Gasteiger charge is 2.35. The molecule has 1 saturated heterocycles. The first-order chi connectivity index (χ1) is 12.9. The highest BCUT2D eigenvalue weighted by molar-refractivity contribution is 8.18. The summed E-state index contributed by atoms with van der Waals surface area (Å²) in [4.78, 5) is 26.5. The molecule has 2 amide bonds. The summed E-state index contributed by atoms with van der Waals surface area (Å²) in [6.45, 7) is 0.0203. The van der Waals surface area contributed by atoms with E-state index in [1.54, 1.807) is 49.6 Å². The van der Waals surface area contributed by atoms with Crippen molar-refractivity contribution in [2.45, 2.75) is 6.54 Å². The lowest BCUT2D eigenvalue weighted by Gasteiger charge is -2.14. The van der Waals surface area contributed by atoms with Gasteiger partial charge in [-0.05, 0) is 47.7 Å². The largest absolute Gasteiger partial charge is 0.493 e. The van der Waals surface area contributed by atoms with Gasteiger partial charge in [0.05, 0.1) is 25.7 Å². The Balaban J connectivity index is 1.87. The lowest BCUT2D eigenvalue weighted by Crippen LogP contribution is -2.27. The molecule has 0 N–H and O–H groups in total. The first kappa shape index (κ1) is 19.6. The second-order valence-electron chi connectivity index (χ2n) is 5.58. The van der Waals surface area contributed by atoms with Crippen molar-refractivity contribution in [3.05, 3.63) is 62.5 Å². The summed E-state index contributed by atoms with van der Waals surface area (Å²) in [5.74, 6) is 0.722. The van der Waals surface area contributed by atoms with Crippen molar-refractivity contribution in [2.24, 2.45) is 0 Å². The van der Waals surface area contributed by atoms with Crippen molar-refractivity contribution < 1.29 is 19.1 Å². The molecule has 5 nitrogen and oxygen atoms in total. The lowest BCUT2D eigenvalue weighted by atomic mass is 10.1. The molecule has 0 spiro atoms. The Hall–Kier alpha value is -2.15. The van der Waals surface area contributed by atoms with Crippen molar-refractivity contribution >= 4 is 52.2 Å². The fourth-order valence-electron chi connectivity index (χ4n) is 2.57. The number of thioether (sulfide) groups is 1. The van der Waals surface area contributed by atoms with Crippen molar-refractivity contribution in [1.29, 1.82) is 0 Å². The number of rotatable bonds is 5. The van der Waals surface area contributed by atoms with E-state index >= 15 is 0 Å².